The highest BCUT2D eigenvalue weighted by Crippen LogP contribution is 2.24. The molecule has 2 N–H and O–H groups in total. The minimum atomic E-state index is -0.423. The van der Waals surface area contributed by atoms with Crippen molar-refractivity contribution in [1.82, 2.24) is 4.98 Å². The van der Waals surface area contributed by atoms with E-state index < -0.39 is 6.04 Å². The van der Waals surface area contributed by atoms with Crippen LogP contribution in [0.1, 0.15) is 36.6 Å². The Kier molecular flexibility index (Phi) is 4.35. The number of ether oxygens (including phenoxy) is 1. The molecule has 0 radical (unpaired) electrons. The number of nitrogens with zero attached hydrogens (tertiary/aromatic N) is 1. The summed E-state index contributed by atoms with van der Waals surface area (Å²) in [5.74, 6) is 0.418. The molecule has 2 aromatic rings. The van der Waals surface area contributed by atoms with Gasteiger partial charge < -0.3 is 10.5 Å². The molecule has 0 saturated carbocycles. The molecule has 20 heavy (non-hydrogen) atoms. The van der Waals surface area contributed by atoms with Gasteiger partial charge in [0.15, 0.2) is 0 Å². The first-order valence-corrected chi connectivity index (χ1v) is 6.60. The predicted molar refractivity (Wildman–Crippen MR) is 77.2 cm³/mol. The minimum absolute atomic E-state index is 0.0695. The van der Waals surface area contributed by atoms with E-state index in [4.69, 9.17) is 10.5 Å². The summed E-state index contributed by atoms with van der Waals surface area (Å²) in [7, 11) is 0. The second kappa shape index (κ2) is 6.01. The summed E-state index contributed by atoms with van der Waals surface area (Å²) in [5.41, 5.74) is 8.30. The first kappa shape index (κ1) is 14.5. The van der Waals surface area contributed by atoms with Gasteiger partial charge in [-0.15, -0.1) is 0 Å². The van der Waals surface area contributed by atoms with Crippen molar-refractivity contribution in [3.8, 4) is 5.75 Å². The van der Waals surface area contributed by atoms with Gasteiger partial charge >= 0.3 is 0 Å². The van der Waals surface area contributed by atoms with Crippen molar-refractivity contribution < 1.29 is 9.13 Å². The second-order valence-electron chi connectivity index (χ2n) is 5.11. The highest BCUT2D eigenvalue weighted by Gasteiger charge is 2.12. The molecular weight excluding hydrogens is 255 g/mol. The molecule has 2 rings (SSSR count). The molecule has 0 aliphatic rings. The van der Waals surface area contributed by atoms with Crippen molar-refractivity contribution in [2.24, 2.45) is 5.73 Å². The standard InChI is InChI=1S/C16H19FN2O/c1-10(2)20-14-6-13(8-19-9-14)16(18)12-5-4-11(3)15(17)7-12/h4-10,16H,18H2,1-3H3. The summed E-state index contributed by atoms with van der Waals surface area (Å²) in [6.07, 6.45) is 3.39. The van der Waals surface area contributed by atoms with E-state index >= 15 is 0 Å². The smallest absolute Gasteiger partial charge is 0.138 e. The number of halogens is 1. The molecular formula is C16H19FN2O. The lowest BCUT2D eigenvalue weighted by atomic mass is 10.00. The first-order chi connectivity index (χ1) is 9.47. The number of aromatic nitrogens is 1. The van der Waals surface area contributed by atoms with E-state index in [-0.39, 0.29) is 11.9 Å². The quantitative estimate of drug-likeness (QED) is 0.930. The zero-order valence-electron chi connectivity index (χ0n) is 11.9. The Morgan fingerprint density at radius 3 is 2.55 bits per heavy atom. The van der Waals surface area contributed by atoms with Crippen LogP contribution in [0.5, 0.6) is 5.75 Å². The molecule has 106 valence electrons. The van der Waals surface area contributed by atoms with Crippen LogP contribution in [-0.4, -0.2) is 11.1 Å². The van der Waals surface area contributed by atoms with Gasteiger partial charge in [-0.2, -0.15) is 0 Å². The van der Waals surface area contributed by atoms with Gasteiger partial charge in [-0.3, -0.25) is 4.98 Å². The summed E-state index contributed by atoms with van der Waals surface area (Å²) in [5, 5.41) is 0. The molecule has 0 bridgehead atoms. The van der Waals surface area contributed by atoms with Crippen LogP contribution in [0.15, 0.2) is 36.7 Å². The molecule has 1 aromatic carbocycles. The predicted octanol–water partition coefficient (Wildman–Crippen LogP) is 3.36. The third kappa shape index (κ3) is 3.33. The molecule has 1 atom stereocenters. The molecule has 0 fully saturated rings. The van der Waals surface area contributed by atoms with Gasteiger partial charge in [0, 0.05) is 6.20 Å². The van der Waals surface area contributed by atoms with Crippen molar-refractivity contribution >= 4 is 0 Å². The largest absolute Gasteiger partial charge is 0.489 e. The number of hydrogen-bond donors (Lipinski definition) is 1. The molecule has 0 saturated heterocycles. The van der Waals surface area contributed by atoms with Gasteiger partial charge in [-0.25, -0.2) is 4.39 Å². The van der Waals surface area contributed by atoms with Gasteiger partial charge in [-0.05, 0) is 49.6 Å². The molecule has 0 amide bonds. The number of hydrogen-bond acceptors (Lipinski definition) is 3. The van der Waals surface area contributed by atoms with Gasteiger partial charge in [0.05, 0.1) is 18.3 Å². The lowest BCUT2D eigenvalue weighted by Gasteiger charge is -2.15. The Morgan fingerprint density at radius 2 is 1.90 bits per heavy atom. The van der Waals surface area contributed by atoms with E-state index in [1.54, 1.807) is 25.4 Å². The zero-order valence-corrected chi connectivity index (χ0v) is 11.9. The first-order valence-electron chi connectivity index (χ1n) is 6.60. The Morgan fingerprint density at radius 1 is 1.15 bits per heavy atom. The monoisotopic (exact) mass is 274 g/mol. The minimum Gasteiger partial charge on any atom is -0.489 e. The molecule has 0 aliphatic heterocycles. The Hall–Kier alpha value is -1.94. The number of nitrogens with two attached hydrogens (primary N) is 1. The Bertz CT molecular complexity index is 599. The molecule has 4 heteroatoms. The summed E-state index contributed by atoms with van der Waals surface area (Å²) < 4.78 is 19.2. The topological polar surface area (TPSA) is 48.1 Å². The van der Waals surface area contributed by atoms with E-state index in [9.17, 15) is 4.39 Å². The van der Waals surface area contributed by atoms with Crippen molar-refractivity contribution in [3.05, 3.63) is 59.2 Å². The van der Waals surface area contributed by atoms with E-state index in [2.05, 4.69) is 4.98 Å². The highest BCUT2D eigenvalue weighted by atomic mass is 19.1. The Labute approximate surface area is 118 Å². The van der Waals surface area contributed by atoms with Gasteiger partial charge in [-0.1, -0.05) is 12.1 Å². The van der Waals surface area contributed by atoms with Crippen molar-refractivity contribution in [2.45, 2.75) is 32.9 Å². The van der Waals surface area contributed by atoms with Crippen LogP contribution in [0.2, 0.25) is 0 Å². The summed E-state index contributed by atoms with van der Waals surface area (Å²) >= 11 is 0. The van der Waals surface area contributed by atoms with Crippen molar-refractivity contribution in [3.63, 3.8) is 0 Å². The van der Waals surface area contributed by atoms with Gasteiger partial charge in [0.25, 0.3) is 0 Å². The molecule has 3 nitrogen and oxygen atoms in total. The van der Waals surface area contributed by atoms with Crippen LogP contribution in [-0.2, 0) is 0 Å². The second-order valence-corrected chi connectivity index (χ2v) is 5.11. The van der Waals surface area contributed by atoms with Crippen LogP contribution in [0.3, 0.4) is 0 Å². The summed E-state index contributed by atoms with van der Waals surface area (Å²) in [4.78, 5) is 4.13. The lowest BCUT2D eigenvalue weighted by Crippen LogP contribution is -2.13. The maximum atomic E-state index is 13.6. The van der Waals surface area contributed by atoms with E-state index in [0.717, 1.165) is 11.1 Å². The maximum Gasteiger partial charge on any atom is 0.138 e. The van der Waals surface area contributed by atoms with E-state index in [1.165, 1.54) is 6.07 Å². The average Bonchev–Trinajstić information content (AvgIpc) is 2.40. The maximum absolute atomic E-state index is 13.6. The normalized spacial score (nSPS) is 12.5. The van der Waals surface area contributed by atoms with Crippen molar-refractivity contribution in [2.75, 3.05) is 0 Å². The van der Waals surface area contributed by atoms with Crippen molar-refractivity contribution in [1.29, 1.82) is 0 Å². The van der Waals surface area contributed by atoms with Crippen LogP contribution in [0, 0.1) is 12.7 Å². The third-order valence-corrected chi connectivity index (χ3v) is 3.02. The Balaban J connectivity index is 2.28. The van der Waals surface area contributed by atoms with Gasteiger partial charge in [0.1, 0.15) is 11.6 Å². The summed E-state index contributed by atoms with van der Waals surface area (Å²) in [6, 6.07) is 6.45. The number of aryl methyl sites for hydroxylation is 1. The number of pyridine rings is 1. The fourth-order valence-electron chi connectivity index (χ4n) is 1.94. The fraction of sp³-hybridized carbons (Fsp3) is 0.312. The highest BCUT2D eigenvalue weighted by molar-refractivity contribution is 5.35. The molecule has 1 aromatic heterocycles. The van der Waals surface area contributed by atoms with E-state index in [0.29, 0.717) is 11.3 Å². The fourth-order valence-corrected chi connectivity index (χ4v) is 1.94. The van der Waals surface area contributed by atoms with Crippen LogP contribution >= 0.6 is 0 Å². The zero-order chi connectivity index (χ0) is 14.7. The SMILES string of the molecule is Cc1ccc(C(N)c2cncc(OC(C)C)c2)cc1F. The van der Waals surface area contributed by atoms with E-state index in [1.807, 2.05) is 26.0 Å². The molecule has 1 heterocycles. The van der Waals surface area contributed by atoms with Gasteiger partial charge in [0.2, 0.25) is 0 Å². The molecule has 0 aliphatic carbocycles. The van der Waals surface area contributed by atoms with Crippen LogP contribution in [0.25, 0.3) is 0 Å². The van der Waals surface area contributed by atoms with Crippen LogP contribution < -0.4 is 10.5 Å². The third-order valence-electron chi connectivity index (χ3n) is 3.02. The number of rotatable bonds is 4. The number of benzene rings is 1. The summed E-state index contributed by atoms with van der Waals surface area (Å²) in [6.45, 7) is 5.62. The average molecular weight is 274 g/mol. The van der Waals surface area contributed by atoms with Crippen LogP contribution in [0.4, 0.5) is 4.39 Å². The lowest BCUT2D eigenvalue weighted by molar-refractivity contribution is 0.241. The molecule has 1 unspecified atom stereocenters. The molecule has 0 spiro atoms.